The van der Waals surface area contributed by atoms with Gasteiger partial charge >= 0.3 is 0 Å². The van der Waals surface area contributed by atoms with Crippen LogP contribution in [-0.2, 0) is 0 Å². The van der Waals surface area contributed by atoms with E-state index in [4.69, 9.17) is 0 Å². The second-order valence-electron chi connectivity index (χ2n) is 5.24. The molecule has 1 N–H and O–H groups in total. The quantitative estimate of drug-likeness (QED) is 0.863. The minimum Gasteiger partial charge on any atom is -0.338 e. The van der Waals surface area contributed by atoms with Gasteiger partial charge < -0.3 is 10.2 Å². The molecule has 0 saturated carbocycles. The highest BCUT2D eigenvalue weighted by Crippen LogP contribution is 2.22. The third-order valence-corrected chi connectivity index (χ3v) is 4.00. The lowest BCUT2D eigenvalue weighted by atomic mass is 9.89. The first-order valence-corrected chi connectivity index (χ1v) is 6.45. The lowest BCUT2D eigenvalue weighted by molar-refractivity contribution is 0.0660. The van der Waals surface area contributed by atoms with Crippen molar-refractivity contribution in [3.8, 4) is 0 Å². The van der Waals surface area contributed by atoms with Gasteiger partial charge in [0.25, 0.3) is 5.91 Å². The SMILES string of the molecule is CNC1(C)CCN(C(=O)c2cccnc2C)CC1. The molecule has 0 unspecified atom stereocenters. The number of amides is 1. The molecule has 0 atom stereocenters. The lowest BCUT2D eigenvalue weighted by Crippen LogP contribution is -2.51. The van der Waals surface area contributed by atoms with Gasteiger partial charge in [0.15, 0.2) is 0 Å². The molecule has 1 fully saturated rings. The highest BCUT2D eigenvalue weighted by molar-refractivity contribution is 5.95. The number of likely N-dealkylation sites (tertiary alicyclic amines) is 1. The standard InChI is InChI=1S/C14H21N3O/c1-11-12(5-4-8-16-11)13(18)17-9-6-14(2,15-3)7-10-17/h4-5,8,15H,6-7,9-10H2,1-3H3. The molecule has 0 radical (unpaired) electrons. The van der Waals surface area contributed by atoms with Crippen LogP contribution >= 0.6 is 0 Å². The fraction of sp³-hybridized carbons (Fsp3) is 0.571. The van der Waals surface area contributed by atoms with Gasteiger partial charge in [-0.2, -0.15) is 0 Å². The molecule has 18 heavy (non-hydrogen) atoms. The predicted octanol–water partition coefficient (Wildman–Crippen LogP) is 1.60. The molecule has 0 spiro atoms. The van der Waals surface area contributed by atoms with Crippen LogP contribution in [0.5, 0.6) is 0 Å². The fourth-order valence-corrected chi connectivity index (χ4v) is 2.33. The fourth-order valence-electron chi connectivity index (χ4n) is 2.33. The molecule has 98 valence electrons. The summed E-state index contributed by atoms with van der Waals surface area (Å²) in [6, 6.07) is 3.68. The van der Waals surface area contributed by atoms with Crippen molar-refractivity contribution in [2.24, 2.45) is 0 Å². The predicted molar refractivity (Wildman–Crippen MR) is 71.6 cm³/mol. The van der Waals surface area contributed by atoms with E-state index in [1.165, 1.54) is 0 Å². The van der Waals surface area contributed by atoms with Crippen molar-refractivity contribution >= 4 is 5.91 Å². The molecule has 4 heteroatoms. The summed E-state index contributed by atoms with van der Waals surface area (Å²) in [4.78, 5) is 18.5. The van der Waals surface area contributed by atoms with Crippen LogP contribution in [0.3, 0.4) is 0 Å². The summed E-state index contributed by atoms with van der Waals surface area (Å²) in [5.41, 5.74) is 1.70. The van der Waals surface area contributed by atoms with Gasteiger partial charge in [0.1, 0.15) is 0 Å². The van der Waals surface area contributed by atoms with Gasteiger partial charge in [-0.1, -0.05) is 0 Å². The maximum absolute atomic E-state index is 12.4. The lowest BCUT2D eigenvalue weighted by Gasteiger charge is -2.39. The van der Waals surface area contributed by atoms with Gasteiger partial charge in [0, 0.05) is 30.5 Å². The Balaban J connectivity index is 2.07. The number of rotatable bonds is 2. The normalized spacial score (nSPS) is 18.7. The maximum atomic E-state index is 12.4. The van der Waals surface area contributed by atoms with Crippen molar-refractivity contribution in [2.75, 3.05) is 20.1 Å². The van der Waals surface area contributed by atoms with Gasteiger partial charge in [0.2, 0.25) is 0 Å². The number of nitrogens with zero attached hydrogens (tertiary/aromatic N) is 2. The molecule has 4 nitrogen and oxygen atoms in total. The van der Waals surface area contributed by atoms with E-state index in [1.807, 2.05) is 31.0 Å². The number of carbonyl (C=O) groups is 1. The van der Waals surface area contributed by atoms with Crippen molar-refractivity contribution in [2.45, 2.75) is 32.2 Å². The second kappa shape index (κ2) is 5.06. The minimum absolute atomic E-state index is 0.110. The van der Waals surface area contributed by atoms with E-state index in [-0.39, 0.29) is 11.4 Å². The molecular formula is C14H21N3O. The van der Waals surface area contributed by atoms with Gasteiger partial charge in [-0.05, 0) is 45.9 Å². The number of hydrogen-bond donors (Lipinski definition) is 1. The molecule has 1 aliphatic rings. The summed E-state index contributed by atoms with van der Waals surface area (Å²) in [6.07, 6.45) is 3.71. The average molecular weight is 247 g/mol. The number of piperidine rings is 1. The Hall–Kier alpha value is -1.42. The molecule has 1 aromatic rings. The Morgan fingerprint density at radius 3 is 2.67 bits per heavy atom. The van der Waals surface area contributed by atoms with E-state index >= 15 is 0 Å². The number of pyridine rings is 1. The van der Waals surface area contributed by atoms with E-state index < -0.39 is 0 Å². The molecule has 0 bridgehead atoms. The Morgan fingerprint density at radius 1 is 1.44 bits per heavy atom. The van der Waals surface area contributed by atoms with E-state index in [0.717, 1.165) is 37.2 Å². The Labute approximate surface area is 108 Å². The van der Waals surface area contributed by atoms with Crippen molar-refractivity contribution in [1.29, 1.82) is 0 Å². The molecular weight excluding hydrogens is 226 g/mol. The van der Waals surface area contributed by atoms with E-state index in [0.29, 0.717) is 0 Å². The smallest absolute Gasteiger partial charge is 0.255 e. The monoisotopic (exact) mass is 247 g/mol. The molecule has 1 amide bonds. The van der Waals surface area contributed by atoms with Crippen LogP contribution in [0, 0.1) is 6.92 Å². The van der Waals surface area contributed by atoms with Gasteiger partial charge in [-0.25, -0.2) is 0 Å². The average Bonchev–Trinajstić information content (AvgIpc) is 2.39. The highest BCUT2D eigenvalue weighted by Gasteiger charge is 2.31. The Bertz CT molecular complexity index is 436. The number of aromatic nitrogens is 1. The molecule has 0 aromatic carbocycles. The van der Waals surface area contributed by atoms with Crippen LogP contribution < -0.4 is 5.32 Å². The summed E-state index contributed by atoms with van der Waals surface area (Å²) in [6.45, 7) is 5.72. The third-order valence-electron chi connectivity index (χ3n) is 4.00. The highest BCUT2D eigenvalue weighted by atomic mass is 16.2. The molecule has 2 rings (SSSR count). The van der Waals surface area contributed by atoms with Gasteiger partial charge in [0.05, 0.1) is 5.56 Å². The first-order valence-electron chi connectivity index (χ1n) is 6.45. The van der Waals surface area contributed by atoms with Crippen molar-refractivity contribution < 1.29 is 4.79 Å². The summed E-state index contributed by atoms with van der Waals surface area (Å²) in [5, 5.41) is 3.34. The molecule has 2 heterocycles. The zero-order valence-electron chi connectivity index (χ0n) is 11.4. The van der Waals surface area contributed by atoms with Crippen molar-refractivity contribution in [1.82, 2.24) is 15.2 Å². The van der Waals surface area contributed by atoms with Crippen molar-refractivity contribution in [3.05, 3.63) is 29.6 Å². The van der Waals surface area contributed by atoms with E-state index in [9.17, 15) is 4.79 Å². The topological polar surface area (TPSA) is 45.2 Å². The van der Waals surface area contributed by atoms with Crippen LogP contribution in [0.15, 0.2) is 18.3 Å². The van der Waals surface area contributed by atoms with E-state index in [1.54, 1.807) is 6.20 Å². The summed E-state index contributed by atoms with van der Waals surface area (Å²) >= 11 is 0. The van der Waals surface area contributed by atoms with Gasteiger partial charge in [-0.15, -0.1) is 0 Å². The first kappa shape index (κ1) is 13.0. The number of carbonyl (C=O) groups excluding carboxylic acids is 1. The van der Waals surface area contributed by atoms with Crippen LogP contribution in [0.4, 0.5) is 0 Å². The van der Waals surface area contributed by atoms with Crippen LogP contribution in [0.1, 0.15) is 35.8 Å². The molecule has 1 aliphatic heterocycles. The second-order valence-corrected chi connectivity index (χ2v) is 5.24. The summed E-state index contributed by atoms with van der Waals surface area (Å²) < 4.78 is 0. The number of aryl methyl sites for hydroxylation is 1. The molecule has 1 saturated heterocycles. The van der Waals surface area contributed by atoms with Crippen LogP contribution in [0.2, 0.25) is 0 Å². The first-order chi connectivity index (χ1) is 8.56. The van der Waals surface area contributed by atoms with E-state index in [2.05, 4.69) is 17.2 Å². The largest absolute Gasteiger partial charge is 0.338 e. The maximum Gasteiger partial charge on any atom is 0.255 e. The Kier molecular flexibility index (Phi) is 3.66. The zero-order valence-corrected chi connectivity index (χ0v) is 11.4. The minimum atomic E-state index is 0.110. The third kappa shape index (κ3) is 2.53. The number of nitrogens with one attached hydrogen (secondary N) is 1. The summed E-state index contributed by atoms with van der Waals surface area (Å²) in [5.74, 6) is 0.110. The van der Waals surface area contributed by atoms with Crippen LogP contribution in [-0.4, -0.2) is 41.5 Å². The number of hydrogen-bond acceptors (Lipinski definition) is 3. The molecule has 0 aliphatic carbocycles. The molecule has 1 aromatic heterocycles. The van der Waals surface area contributed by atoms with Crippen LogP contribution in [0.25, 0.3) is 0 Å². The summed E-state index contributed by atoms with van der Waals surface area (Å²) in [7, 11) is 1.99. The Morgan fingerprint density at radius 2 is 2.11 bits per heavy atom. The van der Waals surface area contributed by atoms with Crippen molar-refractivity contribution in [3.63, 3.8) is 0 Å². The zero-order chi connectivity index (χ0) is 13.2. The van der Waals surface area contributed by atoms with Gasteiger partial charge in [-0.3, -0.25) is 9.78 Å².